The van der Waals surface area contributed by atoms with E-state index < -0.39 is 11.7 Å². The lowest BCUT2D eigenvalue weighted by atomic mass is 9.67. The van der Waals surface area contributed by atoms with Crippen molar-refractivity contribution in [1.29, 1.82) is 0 Å². The van der Waals surface area contributed by atoms with Crippen molar-refractivity contribution in [3.05, 3.63) is 0 Å². The molecule has 2 bridgehead atoms. The highest BCUT2D eigenvalue weighted by Gasteiger charge is 2.55. The smallest absolute Gasteiger partial charge is 0.118 e. The highest BCUT2D eigenvalue weighted by molar-refractivity contribution is 5.04. The lowest BCUT2D eigenvalue weighted by Crippen LogP contribution is -2.64. The van der Waals surface area contributed by atoms with Gasteiger partial charge >= 0.3 is 0 Å². The molecule has 3 aliphatic rings. The maximum atomic E-state index is 9.80. The Hall–Kier alpha value is -0.120. The Labute approximate surface area is 78.7 Å². The summed E-state index contributed by atoms with van der Waals surface area (Å²) in [5.74, 6) is 0.441. The van der Waals surface area contributed by atoms with Gasteiger partial charge in [-0.2, -0.15) is 0 Å². The van der Waals surface area contributed by atoms with Gasteiger partial charge in [0.15, 0.2) is 0 Å². The Kier molecular flexibility index (Phi) is 1.95. The van der Waals surface area contributed by atoms with Crippen molar-refractivity contribution in [1.82, 2.24) is 0 Å². The van der Waals surface area contributed by atoms with Crippen LogP contribution in [0.15, 0.2) is 0 Å². The van der Waals surface area contributed by atoms with Gasteiger partial charge in [-0.05, 0) is 39.0 Å². The normalized spacial score (nSPS) is 48.0. The zero-order valence-electron chi connectivity index (χ0n) is 8.29. The van der Waals surface area contributed by atoms with Crippen molar-refractivity contribution in [2.45, 2.75) is 50.4 Å². The fourth-order valence-electron chi connectivity index (χ4n) is 2.76. The third-order valence-corrected chi connectivity index (χ3v) is 3.75. The zero-order chi connectivity index (χ0) is 9.69. The van der Waals surface area contributed by atoms with Crippen molar-refractivity contribution in [3.8, 4) is 0 Å². The predicted octanol–water partition coefficient (Wildman–Crippen LogP) is 0.687. The molecule has 1 saturated carbocycles. The molecule has 0 radical (unpaired) electrons. The third kappa shape index (κ3) is 1.22. The number of hydrogen-bond donors (Lipinski definition) is 2. The van der Waals surface area contributed by atoms with Crippen LogP contribution in [0.4, 0.5) is 0 Å². The summed E-state index contributed by atoms with van der Waals surface area (Å²) in [5, 5.41) is 19.1. The number of ether oxygens (including phenoxy) is 1. The standard InChI is InChI=1S/C10H18O3/c1-9(2)7-3-4-10(6-11,13-9)8(12)5-7/h7-8,11-12H,3-6H2,1-2H3/t7-,8-,10-/m0/s1. The summed E-state index contributed by atoms with van der Waals surface area (Å²) in [6.07, 6.45) is 2.14. The minimum atomic E-state index is -0.668. The SMILES string of the molecule is CC1(C)O[C@]2(CO)CC[C@H]1C[C@@H]2O. The van der Waals surface area contributed by atoms with Crippen molar-refractivity contribution in [2.75, 3.05) is 6.61 Å². The summed E-state index contributed by atoms with van der Waals surface area (Å²) < 4.78 is 5.82. The molecule has 2 N–H and O–H groups in total. The third-order valence-electron chi connectivity index (χ3n) is 3.75. The zero-order valence-corrected chi connectivity index (χ0v) is 8.29. The molecule has 76 valence electrons. The molecule has 3 rings (SSSR count). The van der Waals surface area contributed by atoms with Crippen molar-refractivity contribution in [2.24, 2.45) is 5.92 Å². The average Bonchev–Trinajstić information content (AvgIpc) is 2.07. The van der Waals surface area contributed by atoms with Crippen molar-refractivity contribution in [3.63, 3.8) is 0 Å². The molecule has 0 spiro atoms. The van der Waals surface area contributed by atoms with E-state index in [-0.39, 0.29) is 12.2 Å². The van der Waals surface area contributed by atoms with Gasteiger partial charge in [0.1, 0.15) is 5.60 Å². The second kappa shape index (κ2) is 2.69. The van der Waals surface area contributed by atoms with Gasteiger partial charge in [0.2, 0.25) is 0 Å². The fourth-order valence-corrected chi connectivity index (χ4v) is 2.76. The summed E-state index contributed by atoms with van der Waals surface area (Å²) in [7, 11) is 0. The summed E-state index contributed by atoms with van der Waals surface area (Å²) in [4.78, 5) is 0. The van der Waals surface area contributed by atoms with Gasteiger partial charge in [-0.1, -0.05) is 0 Å². The van der Waals surface area contributed by atoms with Crippen LogP contribution < -0.4 is 0 Å². The van der Waals surface area contributed by atoms with E-state index in [1.54, 1.807) is 0 Å². The fraction of sp³-hybridized carbons (Fsp3) is 1.00. The second-order valence-electron chi connectivity index (χ2n) is 4.92. The Morgan fingerprint density at radius 2 is 2.15 bits per heavy atom. The van der Waals surface area contributed by atoms with Crippen LogP contribution in [0.25, 0.3) is 0 Å². The summed E-state index contributed by atoms with van der Waals surface area (Å²) in [5.41, 5.74) is -0.849. The molecule has 0 aromatic heterocycles. The maximum absolute atomic E-state index is 9.80. The van der Waals surface area contributed by atoms with E-state index in [9.17, 15) is 10.2 Å². The van der Waals surface area contributed by atoms with E-state index in [0.717, 1.165) is 19.3 Å². The highest BCUT2D eigenvalue weighted by Crippen LogP contribution is 2.49. The van der Waals surface area contributed by atoms with Crippen LogP contribution in [0.2, 0.25) is 0 Å². The topological polar surface area (TPSA) is 49.7 Å². The molecular weight excluding hydrogens is 168 g/mol. The molecule has 13 heavy (non-hydrogen) atoms. The van der Waals surface area contributed by atoms with E-state index >= 15 is 0 Å². The average molecular weight is 186 g/mol. The van der Waals surface area contributed by atoms with E-state index in [2.05, 4.69) is 0 Å². The van der Waals surface area contributed by atoms with Crippen LogP contribution in [-0.4, -0.2) is 34.1 Å². The summed E-state index contributed by atoms with van der Waals surface area (Å²) >= 11 is 0. The molecule has 0 amide bonds. The molecule has 2 heterocycles. The van der Waals surface area contributed by atoms with E-state index in [1.807, 2.05) is 13.8 Å². The van der Waals surface area contributed by atoms with E-state index in [4.69, 9.17) is 4.74 Å². The lowest BCUT2D eigenvalue weighted by Gasteiger charge is -2.56. The Morgan fingerprint density at radius 3 is 2.54 bits per heavy atom. The molecular formula is C10H18O3. The van der Waals surface area contributed by atoms with Gasteiger partial charge in [-0.25, -0.2) is 0 Å². The summed E-state index contributed by atoms with van der Waals surface area (Å²) in [6.45, 7) is 4.03. The number of aliphatic hydroxyl groups is 2. The van der Waals surface area contributed by atoms with Gasteiger partial charge in [0, 0.05) is 0 Å². The lowest BCUT2D eigenvalue weighted by molar-refractivity contribution is -0.291. The van der Waals surface area contributed by atoms with Crippen LogP contribution >= 0.6 is 0 Å². The molecule has 3 atom stereocenters. The molecule has 3 fully saturated rings. The van der Waals surface area contributed by atoms with E-state index in [1.165, 1.54) is 0 Å². The van der Waals surface area contributed by atoms with Crippen LogP contribution in [-0.2, 0) is 4.74 Å². The second-order valence-corrected chi connectivity index (χ2v) is 4.92. The Balaban J connectivity index is 2.27. The maximum Gasteiger partial charge on any atom is 0.118 e. The number of aliphatic hydroxyl groups excluding tert-OH is 2. The molecule has 3 heteroatoms. The quantitative estimate of drug-likeness (QED) is 0.633. The van der Waals surface area contributed by atoms with Crippen LogP contribution in [0.5, 0.6) is 0 Å². The highest BCUT2D eigenvalue weighted by atomic mass is 16.6. The van der Waals surface area contributed by atoms with Crippen LogP contribution in [0.1, 0.15) is 33.1 Å². The summed E-state index contributed by atoms with van der Waals surface area (Å²) in [6, 6.07) is 0. The van der Waals surface area contributed by atoms with Crippen molar-refractivity contribution < 1.29 is 14.9 Å². The molecule has 2 saturated heterocycles. The van der Waals surface area contributed by atoms with Crippen LogP contribution in [0, 0.1) is 5.92 Å². The van der Waals surface area contributed by atoms with Gasteiger partial charge < -0.3 is 14.9 Å². The van der Waals surface area contributed by atoms with Gasteiger partial charge in [-0.3, -0.25) is 0 Å². The number of rotatable bonds is 1. The van der Waals surface area contributed by atoms with Gasteiger partial charge in [0.25, 0.3) is 0 Å². The molecule has 1 aliphatic carbocycles. The first-order valence-electron chi connectivity index (χ1n) is 4.99. The first-order chi connectivity index (χ1) is 6.00. The number of fused-ring (bicyclic) bond motifs is 3. The first kappa shape index (κ1) is 9.44. The van der Waals surface area contributed by atoms with Crippen molar-refractivity contribution >= 4 is 0 Å². The first-order valence-corrected chi connectivity index (χ1v) is 4.99. The molecule has 0 unspecified atom stereocenters. The Morgan fingerprint density at radius 1 is 1.46 bits per heavy atom. The molecule has 0 aromatic rings. The van der Waals surface area contributed by atoms with Gasteiger partial charge in [-0.15, -0.1) is 0 Å². The van der Waals surface area contributed by atoms with E-state index in [0.29, 0.717) is 5.92 Å². The van der Waals surface area contributed by atoms with Crippen LogP contribution in [0.3, 0.4) is 0 Å². The van der Waals surface area contributed by atoms with Gasteiger partial charge in [0.05, 0.1) is 18.3 Å². The minimum absolute atomic E-state index is 0.0652. The molecule has 0 aromatic carbocycles. The number of hydrogen-bond acceptors (Lipinski definition) is 3. The minimum Gasteiger partial charge on any atom is -0.393 e. The predicted molar refractivity (Wildman–Crippen MR) is 48.3 cm³/mol. The molecule has 3 nitrogen and oxygen atoms in total. The largest absolute Gasteiger partial charge is 0.393 e. The molecule has 2 aliphatic heterocycles. The Bertz CT molecular complexity index is 214. The monoisotopic (exact) mass is 186 g/mol.